The summed E-state index contributed by atoms with van der Waals surface area (Å²) < 4.78 is 9.45. The molecule has 0 amide bonds. The van der Waals surface area contributed by atoms with Crippen molar-refractivity contribution >= 4 is 238 Å². The second kappa shape index (κ2) is 55.1. The third-order valence-electron chi connectivity index (χ3n) is 22.4. The SMILES string of the molecule is Brc1ccc(-c2ccc(-c3ccc(-c4ccccc4)s3)cc2)cc1.Brc1ccc(-c2ccc(-c3ccccc3)s2)cc1.Brc1ccc(-c2ccc(I)cc2)cc1.Brc1ccc(-c2ccccc2)s1.Cc1ccc(-c2ccc(Br)cc2)s1.Cc1ccc(-c2ccc(Nc3ccccc3)cc2)s1.Ic1ccc(-c2ccc(-c3ccc(I)cc3)cc2)cc1.c1ccc(Nc2ccc(-c3ccc(-c4ccccc4)s3)cc2)cc1. The fourth-order valence-electron chi connectivity index (χ4n) is 14.9. The molecule has 144 heavy (non-hydrogen) atoms. The molecule has 23 aromatic rings. The van der Waals surface area contributed by atoms with Crippen LogP contribution in [0.2, 0.25) is 0 Å². The first-order valence-corrected chi connectivity index (χ1v) is 58.3. The average molecular weight is 2630 g/mol. The van der Waals surface area contributed by atoms with E-state index in [4.69, 9.17) is 0 Å². The number of rotatable bonds is 17. The summed E-state index contributed by atoms with van der Waals surface area (Å²) in [7, 11) is 0. The molecule has 0 saturated carbocycles. The molecule has 16 heteroatoms. The van der Waals surface area contributed by atoms with E-state index in [2.05, 4.69) is 645 Å². The zero-order chi connectivity index (χ0) is 99.6. The highest BCUT2D eigenvalue weighted by atomic mass is 127. The Balaban J connectivity index is 0.000000119. The van der Waals surface area contributed by atoms with E-state index in [0.29, 0.717) is 0 Å². The highest BCUT2D eigenvalue weighted by Crippen LogP contribution is 2.41. The maximum atomic E-state index is 3.48. The van der Waals surface area contributed by atoms with Crippen molar-refractivity contribution in [1.29, 1.82) is 0 Å². The Hall–Kier alpha value is -10.9. The summed E-state index contributed by atoms with van der Waals surface area (Å²) in [6.45, 7) is 4.27. The third-order valence-corrected chi connectivity index (χ3v) is 34.0. The highest BCUT2D eigenvalue weighted by molar-refractivity contribution is 14.1. The first-order chi connectivity index (χ1) is 70.4. The van der Waals surface area contributed by atoms with Gasteiger partial charge >= 0.3 is 0 Å². The van der Waals surface area contributed by atoms with Crippen molar-refractivity contribution in [3.05, 3.63) is 564 Å². The summed E-state index contributed by atoms with van der Waals surface area (Å²) in [5.41, 5.74) is 25.9. The van der Waals surface area contributed by atoms with E-state index >= 15 is 0 Å². The van der Waals surface area contributed by atoms with Gasteiger partial charge in [0.25, 0.3) is 0 Å². The maximum Gasteiger partial charge on any atom is 0.0705 e. The number of benzene rings is 17. The highest BCUT2D eigenvalue weighted by Gasteiger charge is 2.13. The van der Waals surface area contributed by atoms with Crippen LogP contribution in [-0.2, 0) is 0 Å². The molecular formula is C128H94Br5I3N2S6. The van der Waals surface area contributed by atoms with Crippen molar-refractivity contribution < 1.29 is 0 Å². The standard InChI is InChI=1S/C22H15BrS.C22H17NS.C18H12I2.C17H15NS.C16H11BrS.C12H8BrI.C11H9BrS.C10H7BrS/c23-20-12-10-17(11-13-20)16-6-8-19(9-7-16)22-15-14-21(24-22)18-4-2-1-3-5-18;1-3-7-17(8-4-1)21-15-16-22(24-21)18-11-13-20(14-12-18)23-19-9-5-2-6-10-19;19-17-9-5-15(6-10-17)13-1-2-14(4-3-13)16-7-11-18(20)12-8-16;1-13-7-12-17(19-13)14-8-10-16(11-9-14)18-15-5-3-2-4-6-15;17-14-8-6-13(7-9-14)16-11-10-15(18-16)12-4-2-1-3-5-12;13-11-5-1-9(2-6-11)10-3-7-12(14)8-4-10;1-8-2-7-11(13-8)9-3-5-10(12)6-4-9;11-10-7-6-9(12-10)8-4-2-1-3-5-8/h1-15H;1-16,23H;1-12H;2-12,18H,1H3;1-11H;1-8H;2-7H,1H3;1-7H. The van der Waals surface area contributed by atoms with Gasteiger partial charge in [-0.1, -0.05) is 379 Å². The van der Waals surface area contributed by atoms with Gasteiger partial charge in [0.1, 0.15) is 0 Å². The van der Waals surface area contributed by atoms with Crippen LogP contribution in [0.1, 0.15) is 9.75 Å². The number of aryl methyl sites for hydroxylation is 2. The average Bonchev–Trinajstić information content (AvgIpc) is 1.65. The molecule has 23 rings (SSSR count). The predicted octanol–water partition coefficient (Wildman–Crippen LogP) is 45.3. The molecule has 0 aliphatic carbocycles. The van der Waals surface area contributed by atoms with Crippen molar-refractivity contribution in [2.45, 2.75) is 13.8 Å². The molecule has 6 aromatic heterocycles. The van der Waals surface area contributed by atoms with Gasteiger partial charge in [-0.3, -0.25) is 0 Å². The molecule has 0 atom stereocenters. The lowest BCUT2D eigenvalue weighted by molar-refractivity contribution is 1.55. The molecule has 17 aromatic carbocycles. The van der Waals surface area contributed by atoms with Crippen LogP contribution in [0.5, 0.6) is 0 Å². The minimum Gasteiger partial charge on any atom is -0.356 e. The van der Waals surface area contributed by atoms with E-state index in [9.17, 15) is 0 Å². The fraction of sp³-hybridized carbons (Fsp3) is 0.0156. The molecule has 0 bridgehead atoms. The lowest BCUT2D eigenvalue weighted by atomic mass is 10.0. The Bertz CT molecular complexity index is 7680. The van der Waals surface area contributed by atoms with Crippen molar-refractivity contribution in [3.63, 3.8) is 0 Å². The van der Waals surface area contributed by atoms with Gasteiger partial charge in [-0.15, -0.1) is 68.0 Å². The van der Waals surface area contributed by atoms with Crippen molar-refractivity contribution in [1.82, 2.24) is 0 Å². The van der Waals surface area contributed by atoms with Gasteiger partial charge < -0.3 is 10.6 Å². The first kappa shape index (κ1) is 106. The summed E-state index contributed by atoms with van der Waals surface area (Å²) in [5, 5.41) is 6.81. The van der Waals surface area contributed by atoms with Gasteiger partial charge in [0.05, 0.1) is 3.79 Å². The Morgan fingerprint density at radius 2 is 0.306 bits per heavy atom. The van der Waals surface area contributed by atoms with Gasteiger partial charge in [0.2, 0.25) is 0 Å². The molecular weight excluding hydrogens is 2540 g/mol. The Labute approximate surface area is 953 Å². The van der Waals surface area contributed by atoms with Crippen LogP contribution in [0.15, 0.2) is 543 Å². The predicted molar refractivity (Wildman–Crippen MR) is 675 cm³/mol. The number of halogens is 8. The van der Waals surface area contributed by atoms with E-state index in [1.807, 2.05) is 105 Å². The van der Waals surface area contributed by atoms with Crippen LogP contribution in [0.25, 0.3) is 138 Å². The molecule has 0 aliphatic rings. The Morgan fingerprint density at radius 1 is 0.146 bits per heavy atom. The smallest absolute Gasteiger partial charge is 0.0705 e. The minimum atomic E-state index is 1.10. The molecule has 2 N–H and O–H groups in total. The van der Waals surface area contributed by atoms with Crippen molar-refractivity contribution in [2.75, 3.05) is 10.6 Å². The third kappa shape index (κ3) is 32.6. The Kier molecular flexibility index (Phi) is 40.5. The van der Waals surface area contributed by atoms with Crippen LogP contribution < -0.4 is 10.6 Å². The van der Waals surface area contributed by atoms with E-state index in [1.54, 1.807) is 11.3 Å². The number of hydrogen-bond donors (Lipinski definition) is 2. The quantitative estimate of drug-likeness (QED) is 0.0888. The summed E-state index contributed by atoms with van der Waals surface area (Å²) in [6, 6.07) is 183. The lowest BCUT2D eigenvalue weighted by Crippen LogP contribution is -1.88. The number of hydrogen-bond acceptors (Lipinski definition) is 8. The van der Waals surface area contributed by atoms with Crippen molar-refractivity contribution in [3.8, 4) is 138 Å². The minimum absolute atomic E-state index is 1.10. The molecule has 0 fully saturated rings. The topological polar surface area (TPSA) is 24.1 Å². The lowest BCUT2D eigenvalue weighted by Gasteiger charge is -2.06. The van der Waals surface area contributed by atoms with E-state index in [0.717, 1.165) is 40.6 Å². The first-order valence-electron chi connectivity index (χ1n) is 46.2. The fourth-order valence-corrected chi connectivity index (χ4v) is 23.3. The molecule has 0 saturated heterocycles. The molecule has 0 spiro atoms. The molecule has 2 nitrogen and oxygen atoms in total. The second-order valence-electron chi connectivity index (χ2n) is 32.7. The normalized spacial score (nSPS) is 10.4. The molecule has 0 unspecified atom stereocenters. The van der Waals surface area contributed by atoms with Gasteiger partial charge in [0, 0.05) is 105 Å². The van der Waals surface area contributed by atoms with Crippen LogP contribution in [0.4, 0.5) is 22.7 Å². The zero-order valence-electron chi connectivity index (χ0n) is 78.1. The van der Waals surface area contributed by atoms with Crippen LogP contribution >= 0.6 is 215 Å². The number of thiophene rings is 6. The molecule has 0 radical (unpaired) electrons. The van der Waals surface area contributed by atoms with E-state index in [1.165, 1.54) is 163 Å². The summed E-state index contributed by atoms with van der Waals surface area (Å²) >= 11 is 35.1. The molecule has 6 heterocycles. The summed E-state index contributed by atoms with van der Waals surface area (Å²) in [6.07, 6.45) is 0. The number of para-hydroxylation sites is 2. The zero-order valence-corrected chi connectivity index (χ0v) is 97.4. The van der Waals surface area contributed by atoms with Crippen LogP contribution in [0, 0.1) is 24.6 Å². The Morgan fingerprint density at radius 3 is 0.521 bits per heavy atom. The molecule has 708 valence electrons. The van der Waals surface area contributed by atoms with Crippen LogP contribution in [0.3, 0.4) is 0 Å². The van der Waals surface area contributed by atoms with Gasteiger partial charge in [-0.05, 0) is 398 Å². The van der Waals surface area contributed by atoms with E-state index < -0.39 is 0 Å². The maximum absolute atomic E-state index is 3.48. The van der Waals surface area contributed by atoms with Gasteiger partial charge in [-0.2, -0.15) is 0 Å². The number of nitrogens with one attached hydrogen (secondary N) is 2. The largest absolute Gasteiger partial charge is 0.356 e. The monoisotopic (exact) mass is 2630 g/mol. The van der Waals surface area contributed by atoms with Gasteiger partial charge in [0.15, 0.2) is 0 Å². The van der Waals surface area contributed by atoms with Gasteiger partial charge in [-0.25, -0.2) is 0 Å². The van der Waals surface area contributed by atoms with Crippen molar-refractivity contribution in [2.24, 2.45) is 0 Å². The van der Waals surface area contributed by atoms with Crippen LogP contribution in [-0.4, -0.2) is 0 Å². The second-order valence-corrected chi connectivity index (χ2v) is 48.4. The summed E-state index contributed by atoms with van der Waals surface area (Å²) in [5.74, 6) is 0. The summed E-state index contributed by atoms with van der Waals surface area (Å²) in [4.78, 5) is 14.5. The van der Waals surface area contributed by atoms with E-state index in [-0.39, 0.29) is 0 Å². The molecule has 0 aliphatic heterocycles. The number of anilines is 4.